The van der Waals surface area contributed by atoms with E-state index in [2.05, 4.69) is 29.7 Å². The summed E-state index contributed by atoms with van der Waals surface area (Å²) in [4.78, 5) is 7.00. The number of aryl methyl sites for hydroxylation is 2. The first-order chi connectivity index (χ1) is 11.5. The smallest absolute Gasteiger partial charge is 0.194 e. The van der Waals surface area contributed by atoms with Crippen LogP contribution >= 0.6 is 22.9 Å². The summed E-state index contributed by atoms with van der Waals surface area (Å²) in [6, 6.07) is 13.9. The number of aromatic nitrogens is 2. The topological polar surface area (TPSA) is 43.3 Å². The molecule has 0 aliphatic heterocycles. The Morgan fingerprint density at radius 2 is 1.75 bits per heavy atom. The number of nitrogens with zero attached hydrogens (tertiary/aromatic N) is 2. The maximum Gasteiger partial charge on any atom is 0.194 e. The van der Waals surface area contributed by atoms with E-state index in [1.165, 1.54) is 10.6 Å². The van der Waals surface area contributed by atoms with Crippen molar-refractivity contribution in [3.05, 3.63) is 64.1 Å². The Morgan fingerprint density at radius 3 is 2.46 bits per heavy atom. The third kappa shape index (κ3) is 2.48. The van der Waals surface area contributed by atoms with Gasteiger partial charge in [-0.2, -0.15) is 0 Å². The van der Waals surface area contributed by atoms with Crippen molar-refractivity contribution >= 4 is 33.6 Å². The monoisotopic (exact) mass is 353 g/mol. The van der Waals surface area contributed by atoms with E-state index in [1.807, 2.05) is 37.3 Å². The van der Waals surface area contributed by atoms with Gasteiger partial charge in [-0.1, -0.05) is 29.8 Å². The van der Waals surface area contributed by atoms with E-state index in [9.17, 15) is 0 Å². The van der Waals surface area contributed by atoms with Crippen LogP contribution in [-0.4, -0.2) is 9.38 Å². The number of nitrogen functional groups attached to an aromatic ring is 1. The zero-order chi connectivity index (χ0) is 16.8. The summed E-state index contributed by atoms with van der Waals surface area (Å²) in [6.07, 6.45) is 2.09. The van der Waals surface area contributed by atoms with Gasteiger partial charge in [0.15, 0.2) is 4.96 Å². The molecule has 5 heteroatoms. The van der Waals surface area contributed by atoms with Crippen LogP contribution in [0.3, 0.4) is 0 Å². The van der Waals surface area contributed by atoms with Crippen molar-refractivity contribution in [1.29, 1.82) is 0 Å². The predicted octanol–water partition coefficient (Wildman–Crippen LogP) is 5.58. The van der Waals surface area contributed by atoms with E-state index in [0.29, 0.717) is 0 Å². The standard InChI is InChI=1S/C19H16ClN3S/c1-11-9-14(5-8-16(11)20)18-12(2)24-19-22-17(10-23(18)19)13-3-6-15(21)7-4-13/h3-10H,21H2,1-2H3. The van der Waals surface area contributed by atoms with Crippen LogP contribution in [0.25, 0.3) is 27.5 Å². The van der Waals surface area contributed by atoms with Crippen molar-refractivity contribution in [3.8, 4) is 22.5 Å². The van der Waals surface area contributed by atoms with Crippen LogP contribution in [0.2, 0.25) is 5.02 Å². The van der Waals surface area contributed by atoms with Crippen LogP contribution < -0.4 is 5.73 Å². The van der Waals surface area contributed by atoms with Crippen LogP contribution in [0.4, 0.5) is 5.69 Å². The maximum atomic E-state index is 6.17. The number of nitrogens with two attached hydrogens (primary N) is 1. The molecule has 2 aromatic carbocycles. The Balaban J connectivity index is 1.88. The average molecular weight is 354 g/mol. The van der Waals surface area contributed by atoms with Crippen molar-refractivity contribution in [1.82, 2.24) is 9.38 Å². The van der Waals surface area contributed by atoms with Gasteiger partial charge >= 0.3 is 0 Å². The summed E-state index contributed by atoms with van der Waals surface area (Å²) in [5, 5.41) is 0.788. The van der Waals surface area contributed by atoms with E-state index in [4.69, 9.17) is 22.3 Å². The molecule has 2 heterocycles. The third-order valence-electron chi connectivity index (χ3n) is 4.13. The van der Waals surface area contributed by atoms with Gasteiger partial charge in [0.2, 0.25) is 0 Å². The molecule has 2 N–H and O–H groups in total. The minimum Gasteiger partial charge on any atom is -0.399 e. The van der Waals surface area contributed by atoms with Gasteiger partial charge in [0.05, 0.1) is 11.4 Å². The summed E-state index contributed by atoms with van der Waals surface area (Å²) in [6.45, 7) is 4.15. The number of thiazole rings is 1. The fourth-order valence-corrected chi connectivity index (χ4v) is 3.97. The number of fused-ring (bicyclic) bond motifs is 1. The van der Waals surface area contributed by atoms with E-state index in [1.54, 1.807) is 11.3 Å². The number of rotatable bonds is 2. The molecule has 0 spiro atoms. The van der Waals surface area contributed by atoms with Gasteiger partial charge in [-0.3, -0.25) is 4.40 Å². The summed E-state index contributed by atoms with van der Waals surface area (Å²) >= 11 is 7.87. The highest BCUT2D eigenvalue weighted by atomic mass is 35.5. The number of hydrogen-bond acceptors (Lipinski definition) is 3. The van der Waals surface area contributed by atoms with Crippen LogP contribution in [0.5, 0.6) is 0 Å². The van der Waals surface area contributed by atoms with Crippen molar-refractivity contribution < 1.29 is 0 Å². The van der Waals surface area contributed by atoms with Crippen molar-refractivity contribution in [2.24, 2.45) is 0 Å². The second-order valence-corrected chi connectivity index (χ2v) is 7.46. The Bertz CT molecular complexity index is 1040. The van der Waals surface area contributed by atoms with Crippen LogP contribution in [0.15, 0.2) is 48.7 Å². The Hall–Kier alpha value is -2.30. The van der Waals surface area contributed by atoms with Gasteiger partial charge in [0.25, 0.3) is 0 Å². The molecule has 0 bridgehead atoms. The van der Waals surface area contributed by atoms with E-state index < -0.39 is 0 Å². The molecule has 0 unspecified atom stereocenters. The lowest BCUT2D eigenvalue weighted by atomic mass is 10.1. The quantitative estimate of drug-likeness (QED) is 0.478. The molecule has 0 atom stereocenters. The van der Waals surface area contributed by atoms with E-state index in [0.717, 1.165) is 38.1 Å². The molecule has 0 aliphatic rings. The molecule has 0 amide bonds. The molecular weight excluding hydrogens is 338 g/mol. The summed E-state index contributed by atoms with van der Waals surface area (Å²) in [7, 11) is 0. The highest BCUT2D eigenvalue weighted by molar-refractivity contribution is 7.17. The molecule has 4 rings (SSSR count). The molecule has 0 fully saturated rings. The molecule has 120 valence electrons. The Kier molecular flexibility index (Phi) is 3.59. The predicted molar refractivity (Wildman–Crippen MR) is 103 cm³/mol. The largest absolute Gasteiger partial charge is 0.399 e. The minimum atomic E-state index is 0.757. The van der Waals surface area contributed by atoms with Gasteiger partial charge in [-0.05, 0) is 43.7 Å². The zero-order valence-corrected chi connectivity index (χ0v) is 14.9. The molecular formula is C19H16ClN3S. The van der Waals surface area contributed by atoms with Gasteiger partial charge < -0.3 is 5.73 Å². The minimum absolute atomic E-state index is 0.757. The Labute approximate surface area is 149 Å². The third-order valence-corrected chi connectivity index (χ3v) is 5.52. The zero-order valence-electron chi connectivity index (χ0n) is 13.4. The molecule has 24 heavy (non-hydrogen) atoms. The second kappa shape index (κ2) is 5.65. The molecule has 4 aromatic rings. The lowest BCUT2D eigenvalue weighted by Crippen LogP contribution is -1.88. The van der Waals surface area contributed by atoms with E-state index >= 15 is 0 Å². The fraction of sp³-hybridized carbons (Fsp3) is 0.105. The first-order valence-corrected chi connectivity index (χ1v) is 8.83. The fourth-order valence-electron chi connectivity index (χ4n) is 2.88. The molecule has 0 saturated carbocycles. The Morgan fingerprint density at radius 1 is 1.04 bits per heavy atom. The summed E-state index contributed by atoms with van der Waals surface area (Å²) in [5.41, 5.74) is 11.9. The molecule has 0 radical (unpaired) electrons. The molecule has 0 saturated heterocycles. The second-order valence-electron chi connectivity index (χ2n) is 5.87. The van der Waals surface area contributed by atoms with Crippen LogP contribution in [0.1, 0.15) is 10.4 Å². The maximum absolute atomic E-state index is 6.17. The summed E-state index contributed by atoms with van der Waals surface area (Å²) in [5.74, 6) is 0. The number of anilines is 1. The molecule has 3 nitrogen and oxygen atoms in total. The van der Waals surface area contributed by atoms with Crippen LogP contribution in [-0.2, 0) is 0 Å². The number of benzene rings is 2. The lowest BCUT2D eigenvalue weighted by molar-refractivity contribution is 1.22. The first kappa shape index (κ1) is 15.2. The highest BCUT2D eigenvalue weighted by Gasteiger charge is 2.15. The van der Waals surface area contributed by atoms with Crippen molar-refractivity contribution in [2.45, 2.75) is 13.8 Å². The van der Waals surface area contributed by atoms with Gasteiger partial charge in [0.1, 0.15) is 0 Å². The van der Waals surface area contributed by atoms with Crippen molar-refractivity contribution in [2.75, 3.05) is 5.73 Å². The first-order valence-electron chi connectivity index (χ1n) is 7.64. The number of halogens is 1. The van der Waals surface area contributed by atoms with Crippen LogP contribution in [0, 0.1) is 13.8 Å². The average Bonchev–Trinajstić information content (AvgIpc) is 3.07. The lowest BCUT2D eigenvalue weighted by Gasteiger charge is -2.05. The SMILES string of the molecule is Cc1cc(-c2c(C)sc3nc(-c4ccc(N)cc4)cn23)ccc1Cl. The van der Waals surface area contributed by atoms with Gasteiger partial charge in [0, 0.05) is 32.9 Å². The van der Waals surface area contributed by atoms with Crippen molar-refractivity contribution in [3.63, 3.8) is 0 Å². The normalized spacial score (nSPS) is 11.3. The molecule has 0 aliphatic carbocycles. The molecule has 2 aromatic heterocycles. The highest BCUT2D eigenvalue weighted by Crippen LogP contribution is 2.34. The number of hydrogen-bond donors (Lipinski definition) is 1. The van der Waals surface area contributed by atoms with Gasteiger partial charge in [-0.15, -0.1) is 11.3 Å². The van der Waals surface area contributed by atoms with Gasteiger partial charge in [-0.25, -0.2) is 4.98 Å². The number of imidazole rings is 1. The summed E-state index contributed by atoms with van der Waals surface area (Å²) < 4.78 is 2.16. The van der Waals surface area contributed by atoms with E-state index in [-0.39, 0.29) is 0 Å².